The number of fused-ring (bicyclic) bond motifs is 1. The zero-order valence-corrected chi connectivity index (χ0v) is 14.1. The Morgan fingerprint density at radius 1 is 1.24 bits per heavy atom. The van der Waals surface area contributed by atoms with Crippen LogP contribution in [0.1, 0.15) is 35.3 Å². The highest BCUT2D eigenvalue weighted by Crippen LogP contribution is 2.27. The van der Waals surface area contributed by atoms with Crippen molar-refractivity contribution in [1.29, 1.82) is 0 Å². The van der Waals surface area contributed by atoms with Gasteiger partial charge in [0.2, 0.25) is 0 Å². The van der Waals surface area contributed by atoms with Gasteiger partial charge in [0.05, 0.1) is 18.5 Å². The normalized spacial score (nSPS) is 19.5. The fourth-order valence-electron chi connectivity index (χ4n) is 3.44. The lowest BCUT2D eigenvalue weighted by Gasteiger charge is -2.29. The van der Waals surface area contributed by atoms with Gasteiger partial charge in [-0.2, -0.15) is 0 Å². The molecule has 2 aromatic rings. The Balaban J connectivity index is 1.44. The monoisotopic (exact) mass is 338 g/mol. The SMILES string of the molecule is O=C(c1cnc(NCC2CCCO2)cn1)N1CCCc2ccccc21. The summed E-state index contributed by atoms with van der Waals surface area (Å²) in [5.74, 6) is 0.580. The predicted octanol–water partition coefficient (Wildman–Crippen LogP) is 2.66. The molecule has 1 N–H and O–H groups in total. The van der Waals surface area contributed by atoms with Crippen LogP contribution in [0.3, 0.4) is 0 Å². The van der Waals surface area contributed by atoms with Crippen LogP contribution in [-0.4, -0.2) is 41.7 Å². The third-order valence-corrected chi connectivity index (χ3v) is 4.76. The number of hydrogen-bond acceptors (Lipinski definition) is 5. The van der Waals surface area contributed by atoms with E-state index in [0.29, 0.717) is 11.5 Å². The first-order valence-electron chi connectivity index (χ1n) is 8.88. The van der Waals surface area contributed by atoms with Crippen molar-refractivity contribution in [2.75, 3.05) is 29.9 Å². The molecule has 6 nitrogen and oxygen atoms in total. The number of amides is 1. The molecule has 1 amide bonds. The summed E-state index contributed by atoms with van der Waals surface area (Å²) in [5.41, 5.74) is 2.57. The van der Waals surface area contributed by atoms with E-state index >= 15 is 0 Å². The van der Waals surface area contributed by atoms with Gasteiger partial charge in [-0.1, -0.05) is 18.2 Å². The molecule has 3 heterocycles. The minimum atomic E-state index is -0.0923. The van der Waals surface area contributed by atoms with Gasteiger partial charge in [-0.25, -0.2) is 9.97 Å². The van der Waals surface area contributed by atoms with E-state index in [1.54, 1.807) is 12.4 Å². The van der Waals surface area contributed by atoms with Gasteiger partial charge in [-0.05, 0) is 37.3 Å². The van der Waals surface area contributed by atoms with Gasteiger partial charge in [-0.3, -0.25) is 4.79 Å². The van der Waals surface area contributed by atoms with Crippen LogP contribution in [0.5, 0.6) is 0 Å². The highest BCUT2D eigenvalue weighted by atomic mass is 16.5. The summed E-state index contributed by atoms with van der Waals surface area (Å²) in [4.78, 5) is 23.3. The van der Waals surface area contributed by atoms with Crippen LogP contribution in [0.2, 0.25) is 0 Å². The van der Waals surface area contributed by atoms with E-state index in [-0.39, 0.29) is 12.0 Å². The molecule has 2 aliphatic heterocycles. The molecule has 1 atom stereocenters. The average Bonchev–Trinajstić information content (AvgIpc) is 3.19. The molecule has 1 aromatic carbocycles. The van der Waals surface area contributed by atoms with E-state index in [2.05, 4.69) is 21.4 Å². The first-order chi connectivity index (χ1) is 12.3. The second-order valence-corrected chi connectivity index (χ2v) is 6.49. The summed E-state index contributed by atoms with van der Waals surface area (Å²) in [6.45, 7) is 2.28. The predicted molar refractivity (Wildman–Crippen MR) is 95.9 cm³/mol. The number of carbonyl (C=O) groups excluding carboxylic acids is 1. The summed E-state index contributed by atoms with van der Waals surface area (Å²) in [7, 11) is 0. The number of hydrogen-bond donors (Lipinski definition) is 1. The third-order valence-electron chi connectivity index (χ3n) is 4.76. The Hall–Kier alpha value is -2.47. The Morgan fingerprint density at radius 3 is 2.96 bits per heavy atom. The van der Waals surface area contributed by atoms with Gasteiger partial charge in [-0.15, -0.1) is 0 Å². The molecule has 6 heteroatoms. The zero-order valence-electron chi connectivity index (χ0n) is 14.1. The number of ether oxygens (including phenoxy) is 1. The third kappa shape index (κ3) is 3.49. The number of aromatic nitrogens is 2. The van der Waals surface area contributed by atoms with Crippen molar-refractivity contribution in [3.8, 4) is 0 Å². The Bertz CT molecular complexity index is 741. The molecule has 25 heavy (non-hydrogen) atoms. The number of aryl methyl sites for hydroxylation is 1. The summed E-state index contributed by atoms with van der Waals surface area (Å²) >= 11 is 0. The van der Waals surface area contributed by atoms with E-state index in [0.717, 1.165) is 51.1 Å². The van der Waals surface area contributed by atoms with Crippen LogP contribution in [-0.2, 0) is 11.2 Å². The molecular formula is C19H22N4O2. The molecule has 0 aliphatic carbocycles. The molecule has 0 saturated carbocycles. The van der Waals surface area contributed by atoms with Crippen molar-refractivity contribution in [3.05, 3.63) is 47.9 Å². The van der Waals surface area contributed by atoms with Crippen LogP contribution < -0.4 is 10.2 Å². The lowest BCUT2D eigenvalue weighted by Crippen LogP contribution is -2.36. The summed E-state index contributed by atoms with van der Waals surface area (Å²) in [6.07, 6.45) is 7.59. The lowest BCUT2D eigenvalue weighted by atomic mass is 10.0. The molecule has 0 spiro atoms. The molecule has 4 rings (SSSR count). The van der Waals surface area contributed by atoms with E-state index in [1.807, 2.05) is 23.1 Å². The number of benzene rings is 1. The van der Waals surface area contributed by atoms with Crippen molar-refractivity contribution in [1.82, 2.24) is 9.97 Å². The second-order valence-electron chi connectivity index (χ2n) is 6.49. The number of anilines is 2. The van der Waals surface area contributed by atoms with Crippen molar-refractivity contribution in [2.45, 2.75) is 31.8 Å². The maximum Gasteiger partial charge on any atom is 0.278 e. The Labute approximate surface area is 147 Å². The van der Waals surface area contributed by atoms with Crippen LogP contribution in [0.4, 0.5) is 11.5 Å². The first kappa shape index (κ1) is 16.0. The minimum absolute atomic E-state index is 0.0923. The van der Waals surface area contributed by atoms with Gasteiger partial charge in [0.1, 0.15) is 11.5 Å². The fourth-order valence-corrected chi connectivity index (χ4v) is 3.44. The maximum absolute atomic E-state index is 12.8. The largest absolute Gasteiger partial charge is 0.376 e. The molecule has 1 unspecified atom stereocenters. The number of nitrogens with one attached hydrogen (secondary N) is 1. The van der Waals surface area contributed by atoms with Gasteiger partial charge in [0.25, 0.3) is 5.91 Å². The molecule has 1 fully saturated rings. The second kappa shape index (κ2) is 7.19. The topological polar surface area (TPSA) is 67.3 Å². The zero-order chi connectivity index (χ0) is 17.1. The van der Waals surface area contributed by atoms with Crippen LogP contribution >= 0.6 is 0 Å². The quantitative estimate of drug-likeness (QED) is 0.928. The first-order valence-corrected chi connectivity index (χ1v) is 8.88. The minimum Gasteiger partial charge on any atom is -0.376 e. The molecule has 2 aliphatic rings. The summed E-state index contributed by atoms with van der Waals surface area (Å²) in [5, 5.41) is 3.22. The lowest BCUT2D eigenvalue weighted by molar-refractivity contribution is 0.0980. The van der Waals surface area contributed by atoms with E-state index in [1.165, 1.54) is 5.56 Å². The van der Waals surface area contributed by atoms with Crippen molar-refractivity contribution >= 4 is 17.4 Å². The van der Waals surface area contributed by atoms with E-state index < -0.39 is 0 Å². The van der Waals surface area contributed by atoms with Gasteiger partial charge >= 0.3 is 0 Å². The molecule has 130 valence electrons. The number of carbonyl (C=O) groups is 1. The number of rotatable bonds is 4. The number of nitrogens with zero attached hydrogens (tertiary/aromatic N) is 3. The Kier molecular flexibility index (Phi) is 4.61. The number of para-hydroxylation sites is 1. The van der Waals surface area contributed by atoms with Gasteiger partial charge in [0.15, 0.2) is 0 Å². The molecule has 1 saturated heterocycles. The molecular weight excluding hydrogens is 316 g/mol. The van der Waals surface area contributed by atoms with Crippen LogP contribution in [0, 0.1) is 0 Å². The van der Waals surface area contributed by atoms with E-state index in [4.69, 9.17) is 4.74 Å². The van der Waals surface area contributed by atoms with E-state index in [9.17, 15) is 4.79 Å². The van der Waals surface area contributed by atoms with Gasteiger partial charge < -0.3 is 15.0 Å². The standard InChI is InChI=1S/C19H22N4O2/c24-19(23-9-3-6-14-5-1-2-8-17(14)23)16-12-22-18(13-20-16)21-11-15-7-4-10-25-15/h1-2,5,8,12-13,15H,3-4,6-7,9-11H2,(H,21,22). The highest BCUT2D eigenvalue weighted by Gasteiger charge is 2.24. The van der Waals surface area contributed by atoms with Crippen LogP contribution in [0.25, 0.3) is 0 Å². The summed E-state index contributed by atoms with van der Waals surface area (Å²) < 4.78 is 5.58. The Morgan fingerprint density at radius 2 is 2.16 bits per heavy atom. The molecule has 0 radical (unpaired) electrons. The maximum atomic E-state index is 12.8. The smallest absolute Gasteiger partial charge is 0.278 e. The average molecular weight is 338 g/mol. The summed E-state index contributed by atoms with van der Waals surface area (Å²) in [6, 6.07) is 8.06. The van der Waals surface area contributed by atoms with Crippen LogP contribution in [0.15, 0.2) is 36.7 Å². The molecule has 0 bridgehead atoms. The molecule has 1 aromatic heterocycles. The van der Waals surface area contributed by atoms with Crippen molar-refractivity contribution in [3.63, 3.8) is 0 Å². The fraction of sp³-hybridized carbons (Fsp3) is 0.421. The highest BCUT2D eigenvalue weighted by molar-refractivity contribution is 6.05. The van der Waals surface area contributed by atoms with Gasteiger partial charge in [0, 0.05) is 25.4 Å². The van der Waals surface area contributed by atoms with Crippen molar-refractivity contribution < 1.29 is 9.53 Å². The van der Waals surface area contributed by atoms with Crippen molar-refractivity contribution in [2.24, 2.45) is 0 Å².